The van der Waals surface area contributed by atoms with Crippen LogP contribution in [0.25, 0.3) is 0 Å². The number of methoxy groups -OCH3 is 1. The maximum Gasteiger partial charge on any atom is 0.311 e. The van der Waals surface area contributed by atoms with E-state index < -0.39 is 0 Å². The van der Waals surface area contributed by atoms with Crippen molar-refractivity contribution in [3.05, 3.63) is 41.7 Å². The lowest BCUT2D eigenvalue weighted by molar-refractivity contribution is -0.136. The van der Waals surface area contributed by atoms with E-state index in [0.29, 0.717) is 30.8 Å². The molecule has 0 radical (unpaired) electrons. The van der Waals surface area contributed by atoms with E-state index in [4.69, 9.17) is 9.47 Å². The molecule has 0 aromatic heterocycles. The Morgan fingerprint density at radius 2 is 1.62 bits per heavy atom. The van der Waals surface area contributed by atoms with E-state index in [1.807, 2.05) is 66.7 Å². The molecule has 0 heterocycles. The predicted octanol–water partition coefficient (Wildman–Crippen LogP) is 5.91. The van der Waals surface area contributed by atoms with Gasteiger partial charge in [0.25, 0.3) is 0 Å². The Morgan fingerprint density at radius 3 is 2.14 bits per heavy atom. The van der Waals surface area contributed by atoms with Gasteiger partial charge in [-0.05, 0) is 28.9 Å². The lowest BCUT2D eigenvalue weighted by atomic mass is 9.88. The van der Waals surface area contributed by atoms with Crippen molar-refractivity contribution in [3.8, 4) is 5.75 Å². The smallest absolute Gasteiger partial charge is 0.311 e. The van der Waals surface area contributed by atoms with E-state index in [9.17, 15) is 9.59 Å². The van der Waals surface area contributed by atoms with Crippen molar-refractivity contribution in [1.29, 1.82) is 0 Å². The number of allylic oxidation sites excluding steroid dienone is 1. The first-order valence-corrected chi connectivity index (χ1v) is 10.3. The molecule has 0 unspecified atom stereocenters. The summed E-state index contributed by atoms with van der Waals surface area (Å²) in [6.45, 7) is 18.1. The summed E-state index contributed by atoms with van der Waals surface area (Å²) in [5.74, 6) is 1.18. The highest BCUT2D eigenvalue weighted by atomic mass is 16.5. The zero-order valence-electron chi connectivity index (χ0n) is 19.5. The molecule has 4 heteroatoms. The second-order valence-corrected chi connectivity index (χ2v) is 10.4. The fraction of sp³-hybridized carbons (Fsp3) is 0.600. The Morgan fingerprint density at radius 1 is 1.03 bits per heavy atom. The van der Waals surface area contributed by atoms with Gasteiger partial charge in [-0.1, -0.05) is 67.2 Å². The van der Waals surface area contributed by atoms with Crippen LogP contribution in [0.4, 0.5) is 0 Å². The summed E-state index contributed by atoms with van der Waals surface area (Å²) in [5, 5.41) is 0. The molecular formula is C25H38O4. The zero-order chi connectivity index (χ0) is 22.4. The predicted molar refractivity (Wildman–Crippen MR) is 118 cm³/mol. The number of ketones is 1. The summed E-state index contributed by atoms with van der Waals surface area (Å²) in [7, 11) is 1.61. The molecule has 0 amide bonds. The van der Waals surface area contributed by atoms with Gasteiger partial charge in [-0.2, -0.15) is 0 Å². The second-order valence-electron chi connectivity index (χ2n) is 10.4. The Bertz CT molecular complexity index is 732. The molecule has 1 rings (SSSR count). The minimum atomic E-state index is -0.284. The van der Waals surface area contributed by atoms with Crippen LogP contribution in [0.3, 0.4) is 0 Å². The van der Waals surface area contributed by atoms with Crippen molar-refractivity contribution in [2.75, 3.05) is 7.11 Å². The molecule has 29 heavy (non-hydrogen) atoms. The normalized spacial score (nSPS) is 13.0. The van der Waals surface area contributed by atoms with Crippen LogP contribution in [0.1, 0.15) is 72.4 Å². The molecule has 0 aliphatic heterocycles. The minimum Gasteiger partial charge on any atom is -0.501 e. The number of esters is 1. The molecule has 0 fully saturated rings. The van der Waals surface area contributed by atoms with Crippen molar-refractivity contribution in [3.63, 3.8) is 0 Å². The molecule has 0 N–H and O–H groups in total. The van der Waals surface area contributed by atoms with Crippen molar-refractivity contribution < 1.29 is 19.1 Å². The van der Waals surface area contributed by atoms with E-state index in [2.05, 4.69) is 6.58 Å². The number of carbonyl (C=O) groups excluding carboxylic acids is 2. The molecule has 0 aliphatic rings. The summed E-state index contributed by atoms with van der Waals surface area (Å²) in [6, 6.07) is 5.76. The highest BCUT2D eigenvalue weighted by Crippen LogP contribution is 2.28. The molecule has 1 aromatic carbocycles. The first-order chi connectivity index (χ1) is 13.2. The molecule has 0 bridgehead atoms. The molecule has 0 saturated carbocycles. The quantitative estimate of drug-likeness (QED) is 0.292. The molecule has 4 nitrogen and oxygen atoms in total. The average molecular weight is 403 g/mol. The monoisotopic (exact) mass is 402 g/mol. The molecule has 0 aliphatic carbocycles. The number of hydrogen-bond acceptors (Lipinski definition) is 4. The Kier molecular flexibility index (Phi) is 8.67. The minimum absolute atomic E-state index is 0.0734. The number of benzene rings is 1. The second kappa shape index (κ2) is 10.1. The summed E-state index contributed by atoms with van der Waals surface area (Å²) >= 11 is 0. The average Bonchev–Trinajstić information content (AvgIpc) is 2.52. The van der Waals surface area contributed by atoms with Crippen LogP contribution >= 0.6 is 0 Å². The van der Waals surface area contributed by atoms with E-state index in [0.717, 1.165) is 11.1 Å². The van der Waals surface area contributed by atoms with Crippen LogP contribution in [-0.2, 0) is 27.2 Å². The number of hydrogen-bond donors (Lipinski definition) is 0. The summed E-state index contributed by atoms with van der Waals surface area (Å²) in [6.07, 6.45) is 1.76. The lowest BCUT2D eigenvalue weighted by Gasteiger charge is -2.20. The summed E-state index contributed by atoms with van der Waals surface area (Å²) in [5.41, 5.74) is 1.53. The molecule has 1 aromatic rings. The third-order valence-corrected chi connectivity index (χ3v) is 4.50. The molecular weight excluding hydrogens is 364 g/mol. The van der Waals surface area contributed by atoms with E-state index in [1.165, 1.54) is 0 Å². The SMILES string of the molecule is C=C(OC)[C@@H](C)Cc1ccc(CC(=O)CC(C)(C)C)c(OC(=O)CC(C)(C)C)c1. The number of ether oxygens (including phenoxy) is 2. The van der Waals surface area contributed by atoms with Crippen molar-refractivity contribution >= 4 is 11.8 Å². The fourth-order valence-corrected chi connectivity index (χ4v) is 3.09. The van der Waals surface area contributed by atoms with Crippen LogP contribution in [-0.4, -0.2) is 18.9 Å². The zero-order valence-corrected chi connectivity index (χ0v) is 19.5. The van der Waals surface area contributed by atoms with E-state index >= 15 is 0 Å². The summed E-state index contributed by atoms with van der Waals surface area (Å²) < 4.78 is 10.9. The Hall–Kier alpha value is -2.10. The molecule has 0 spiro atoms. The first-order valence-electron chi connectivity index (χ1n) is 10.3. The third kappa shape index (κ3) is 9.78. The van der Waals surface area contributed by atoms with Gasteiger partial charge >= 0.3 is 5.97 Å². The largest absolute Gasteiger partial charge is 0.501 e. The molecule has 162 valence electrons. The van der Waals surface area contributed by atoms with E-state index in [1.54, 1.807) is 7.11 Å². The maximum atomic E-state index is 12.5. The van der Waals surface area contributed by atoms with Crippen molar-refractivity contribution in [2.24, 2.45) is 16.7 Å². The van der Waals surface area contributed by atoms with Crippen LogP contribution in [0.5, 0.6) is 5.75 Å². The van der Waals surface area contributed by atoms with Gasteiger partial charge in [-0.3, -0.25) is 9.59 Å². The van der Waals surface area contributed by atoms with Crippen molar-refractivity contribution in [2.45, 2.75) is 74.1 Å². The fourth-order valence-electron chi connectivity index (χ4n) is 3.09. The van der Waals surface area contributed by atoms with Crippen molar-refractivity contribution in [1.82, 2.24) is 0 Å². The van der Waals surface area contributed by atoms with Gasteiger partial charge in [0.05, 0.1) is 19.3 Å². The molecule has 0 saturated heterocycles. The van der Waals surface area contributed by atoms with Crippen LogP contribution in [0.2, 0.25) is 0 Å². The maximum absolute atomic E-state index is 12.5. The Balaban J connectivity index is 3.10. The van der Waals surface area contributed by atoms with Gasteiger partial charge in [0, 0.05) is 24.3 Å². The number of carbonyl (C=O) groups is 2. The van der Waals surface area contributed by atoms with Gasteiger partial charge in [0.2, 0.25) is 0 Å². The standard InChI is InChI=1S/C25H38O4/c1-17(18(2)28-9)12-19-10-11-20(14-21(26)15-24(3,4)5)22(13-19)29-23(27)16-25(6,7)8/h10-11,13,17H,2,12,14-16H2,1,3-9H3/t17-/m0/s1. The van der Waals surface area contributed by atoms with Gasteiger partial charge in [0.1, 0.15) is 11.5 Å². The van der Waals surface area contributed by atoms with Gasteiger partial charge in [-0.15, -0.1) is 0 Å². The van der Waals surface area contributed by atoms with Crippen LogP contribution < -0.4 is 4.74 Å². The first kappa shape index (κ1) is 24.9. The Labute approximate surface area is 176 Å². The topological polar surface area (TPSA) is 52.6 Å². The van der Waals surface area contributed by atoms with Gasteiger partial charge in [0.15, 0.2) is 0 Å². The van der Waals surface area contributed by atoms with Crippen LogP contribution in [0, 0.1) is 16.7 Å². The number of rotatable bonds is 9. The van der Waals surface area contributed by atoms with Gasteiger partial charge < -0.3 is 9.47 Å². The molecule has 1 atom stereocenters. The highest BCUT2D eigenvalue weighted by Gasteiger charge is 2.22. The van der Waals surface area contributed by atoms with Crippen LogP contribution in [0.15, 0.2) is 30.5 Å². The number of Topliss-reactive ketones (excluding diaryl/α,β-unsaturated/α-hetero) is 1. The lowest BCUT2D eigenvalue weighted by Crippen LogP contribution is -2.19. The summed E-state index contributed by atoms with van der Waals surface area (Å²) in [4.78, 5) is 25.0. The van der Waals surface area contributed by atoms with Gasteiger partial charge in [-0.25, -0.2) is 0 Å². The third-order valence-electron chi connectivity index (χ3n) is 4.50. The van der Waals surface area contributed by atoms with E-state index in [-0.39, 0.29) is 34.9 Å². The highest BCUT2D eigenvalue weighted by molar-refractivity contribution is 5.82.